The van der Waals surface area contributed by atoms with Crippen LogP contribution in [0.5, 0.6) is 0 Å². The van der Waals surface area contributed by atoms with E-state index in [9.17, 15) is 4.57 Å². The Morgan fingerprint density at radius 3 is 1.62 bits per heavy atom. The molecule has 0 radical (unpaired) electrons. The minimum absolute atomic E-state index is 0.496. The summed E-state index contributed by atoms with van der Waals surface area (Å²) in [6.07, 6.45) is 7.00. The van der Waals surface area contributed by atoms with E-state index in [0.29, 0.717) is 32.7 Å². The molecule has 1 aromatic rings. The molecule has 0 bridgehead atoms. The van der Waals surface area contributed by atoms with Gasteiger partial charge in [-0.15, -0.1) is 26.3 Å². The summed E-state index contributed by atoms with van der Waals surface area (Å²) in [6.45, 7) is 17.6. The van der Waals surface area contributed by atoms with Gasteiger partial charge in [-0.2, -0.15) is 0 Å². The molecule has 1 aromatic carbocycles. The van der Waals surface area contributed by atoms with Crippen molar-refractivity contribution in [3.05, 3.63) is 86.5 Å². The molecule has 0 unspecified atom stereocenters. The highest BCUT2D eigenvalue weighted by molar-refractivity contribution is 7.57. The first-order valence-electron chi connectivity index (χ1n) is 7.95. The fraction of sp³-hybridized carbons (Fsp3) is 0.263. The van der Waals surface area contributed by atoms with E-state index in [2.05, 4.69) is 31.4 Å². The van der Waals surface area contributed by atoms with Gasteiger partial charge in [-0.05, 0) is 5.56 Å². The van der Waals surface area contributed by atoms with E-state index in [1.807, 2.05) is 39.7 Å². The quantitative estimate of drug-likeness (QED) is 0.429. The molecule has 0 spiro atoms. The first-order valence-corrected chi connectivity index (χ1v) is 9.57. The van der Waals surface area contributed by atoms with Gasteiger partial charge < -0.3 is 0 Å². The second-order valence-corrected chi connectivity index (χ2v) is 7.80. The Kier molecular flexibility index (Phi) is 9.28. The zero-order valence-corrected chi connectivity index (χ0v) is 15.2. The molecule has 24 heavy (non-hydrogen) atoms. The summed E-state index contributed by atoms with van der Waals surface area (Å²) in [4.78, 5) is 0. The molecule has 0 saturated heterocycles. The average Bonchev–Trinajstić information content (AvgIpc) is 2.60. The van der Waals surface area contributed by atoms with Crippen molar-refractivity contribution >= 4 is 7.59 Å². The Balaban J connectivity index is 3.12. The topological polar surface area (TPSA) is 35.6 Å². The summed E-state index contributed by atoms with van der Waals surface area (Å²) in [5.74, 6) is 0. The van der Waals surface area contributed by atoms with E-state index < -0.39 is 7.59 Å². The molecule has 0 amide bonds. The molecule has 4 nitrogen and oxygen atoms in total. The summed E-state index contributed by atoms with van der Waals surface area (Å²) < 4.78 is 17.6. The minimum atomic E-state index is -3.04. The Morgan fingerprint density at radius 2 is 1.25 bits per heavy atom. The lowest BCUT2D eigenvalue weighted by molar-refractivity contribution is 0.376. The third-order valence-corrected chi connectivity index (χ3v) is 6.21. The van der Waals surface area contributed by atoms with Crippen molar-refractivity contribution in [2.24, 2.45) is 0 Å². The number of benzene rings is 1. The van der Waals surface area contributed by atoms with Crippen LogP contribution < -0.4 is 5.09 Å². The molecule has 1 rings (SSSR count). The summed E-state index contributed by atoms with van der Waals surface area (Å²) in [7, 11) is -3.04. The number of hydrogen-bond donors (Lipinski definition) is 1. The molecule has 0 saturated carbocycles. The molecule has 5 heteroatoms. The van der Waals surface area contributed by atoms with Crippen LogP contribution in [0.1, 0.15) is 5.56 Å². The molecule has 0 heterocycles. The Labute approximate surface area is 146 Å². The fourth-order valence-corrected chi connectivity index (χ4v) is 4.85. The largest absolute Gasteiger partial charge is 0.285 e. The summed E-state index contributed by atoms with van der Waals surface area (Å²) >= 11 is 0. The van der Waals surface area contributed by atoms with E-state index in [4.69, 9.17) is 0 Å². The molecular formula is C19H28N3OP. The SMILES string of the molecule is C=CCN(CC=C)P(=O)(NCc1ccccc1)N(CC=C)CC=C. The maximum atomic E-state index is 13.9. The molecule has 1 N–H and O–H groups in total. The third kappa shape index (κ3) is 5.73. The predicted octanol–water partition coefficient (Wildman–Crippen LogP) is 4.23. The number of hydrogen-bond acceptors (Lipinski definition) is 1. The lowest BCUT2D eigenvalue weighted by Gasteiger charge is -2.38. The Morgan fingerprint density at radius 1 is 0.833 bits per heavy atom. The zero-order valence-electron chi connectivity index (χ0n) is 14.3. The van der Waals surface area contributed by atoms with Gasteiger partial charge in [-0.1, -0.05) is 54.6 Å². The standard InChI is InChI=1S/C19H28N3OP/c1-5-14-21(15-6-2)24(23,22(16-7-3)17-8-4)20-18-19-12-10-9-11-13-19/h5-13H,1-4,14-18H2,(H,20,23). The van der Waals surface area contributed by atoms with Gasteiger partial charge in [0.15, 0.2) is 0 Å². The number of nitrogens with zero attached hydrogens (tertiary/aromatic N) is 2. The van der Waals surface area contributed by atoms with Crippen molar-refractivity contribution in [1.82, 2.24) is 14.4 Å². The molecule has 0 atom stereocenters. The smallest absolute Gasteiger partial charge is 0.270 e. The van der Waals surface area contributed by atoms with Gasteiger partial charge in [0, 0.05) is 32.7 Å². The monoisotopic (exact) mass is 345 g/mol. The maximum Gasteiger partial charge on any atom is 0.285 e. The van der Waals surface area contributed by atoms with Crippen LogP contribution in [-0.4, -0.2) is 35.5 Å². The highest BCUT2D eigenvalue weighted by Crippen LogP contribution is 2.49. The van der Waals surface area contributed by atoms with Crippen LogP contribution in [0.25, 0.3) is 0 Å². The third-order valence-electron chi connectivity index (χ3n) is 3.46. The van der Waals surface area contributed by atoms with Crippen LogP contribution in [0.4, 0.5) is 0 Å². The van der Waals surface area contributed by atoms with Crippen LogP contribution in [0.15, 0.2) is 81.0 Å². The summed E-state index contributed by atoms with van der Waals surface area (Å²) in [5.41, 5.74) is 1.08. The van der Waals surface area contributed by atoms with Gasteiger partial charge in [0.2, 0.25) is 0 Å². The highest BCUT2D eigenvalue weighted by Gasteiger charge is 2.34. The molecule has 0 aliphatic heterocycles. The van der Waals surface area contributed by atoms with Crippen LogP contribution in [-0.2, 0) is 11.1 Å². The molecule has 130 valence electrons. The van der Waals surface area contributed by atoms with Gasteiger partial charge >= 0.3 is 0 Å². The second kappa shape index (κ2) is 11.0. The van der Waals surface area contributed by atoms with Crippen molar-refractivity contribution in [1.29, 1.82) is 0 Å². The lowest BCUT2D eigenvalue weighted by atomic mass is 10.2. The fourth-order valence-electron chi connectivity index (χ4n) is 2.36. The molecule has 0 fully saturated rings. The molecular weight excluding hydrogens is 317 g/mol. The van der Waals surface area contributed by atoms with Gasteiger partial charge in [0.05, 0.1) is 0 Å². The average molecular weight is 345 g/mol. The van der Waals surface area contributed by atoms with Crippen molar-refractivity contribution in [3.8, 4) is 0 Å². The molecule has 0 aliphatic rings. The van der Waals surface area contributed by atoms with Crippen LogP contribution in [0, 0.1) is 0 Å². The molecule has 0 aromatic heterocycles. The molecule has 0 aliphatic carbocycles. The summed E-state index contributed by atoms with van der Waals surface area (Å²) in [6, 6.07) is 9.92. The minimum Gasteiger partial charge on any atom is -0.270 e. The van der Waals surface area contributed by atoms with Gasteiger partial charge in [0.1, 0.15) is 0 Å². The van der Waals surface area contributed by atoms with Gasteiger partial charge in [0.25, 0.3) is 7.59 Å². The van der Waals surface area contributed by atoms with E-state index >= 15 is 0 Å². The van der Waals surface area contributed by atoms with E-state index in [1.165, 1.54) is 0 Å². The van der Waals surface area contributed by atoms with Crippen LogP contribution in [0.2, 0.25) is 0 Å². The van der Waals surface area contributed by atoms with Crippen molar-refractivity contribution in [3.63, 3.8) is 0 Å². The van der Waals surface area contributed by atoms with E-state index in [0.717, 1.165) is 5.56 Å². The Hall–Kier alpha value is -1.71. The number of rotatable bonds is 13. The van der Waals surface area contributed by atoms with E-state index in [1.54, 1.807) is 24.3 Å². The van der Waals surface area contributed by atoms with E-state index in [-0.39, 0.29) is 0 Å². The van der Waals surface area contributed by atoms with Crippen molar-refractivity contribution < 1.29 is 4.57 Å². The normalized spacial score (nSPS) is 11.4. The number of nitrogens with one attached hydrogen (secondary N) is 1. The zero-order chi connectivity index (χ0) is 17.8. The van der Waals surface area contributed by atoms with Gasteiger partial charge in [-0.25, -0.2) is 14.4 Å². The first-order chi connectivity index (χ1) is 11.6. The Bertz CT molecular complexity index is 538. The second-order valence-electron chi connectivity index (χ2n) is 5.26. The van der Waals surface area contributed by atoms with Crippen molar-refractivity contribution in [2.75, 3.05) is 26.2 Å². The maximum absolute atomic E-state index is 13.9. The first kappa shape index (κ1) is 20.3. The lowest BCUT2D eigenvalue weighted by Crippen LogP contribution is -2.39. The highest BCUT2D eigenvalue weighted by atomic mass is 31.2. The predicted molar refractivity (Wildman–Crippen MR) is 105 cm³/mol. The van der Waals surface area contributed by atoms with Crippen LogP contribution >= 0.6 is 7.59 Å². The van der Waals surface area contributed by atoms with Gasteiger partial charge in [-0.3, -0.25) is 4.57 Å². The van der Waals surface area contributed by atoms with Crippen molar-refractivity contribution in [2.45, 2.75) is 6.54 Å². The van der Waals surface area contributed by atoms with Crippen LogP contribution in [0.3, 0.4) is 0 Å². The summed E-state index contributed by atoms with van der Waals surface area (Å²) in [5, 5.41) is 3.27.